The van der Waals surface area contributed by atoms with Crippen LogP contribution in [0.5, 0.6) is 0 Å². The van der Waals surface area contributed by atoms with Crippen molar-refractivity contribution in [3.8, 4) is 0 Å². The van der Waals surface area contributed by atoms with Crippen molar-refractivity contribution in [3.63, 3.8) is 0 Å². The van der Waals surface area contributed by atoms with Crippen molar-refractivity contribution in [2.45, 2.75) is 13.0 Å². The first-order valence-electron chi connectivity index (χ1n) is 7.31. The Bertz CT molecular complexity index is 657. The Morgan fingerprint density at radius 3 is 2.17 bits per heavy atom. The molecular weight excluding hydrogens is 316 g/mol. The minimum atomic E-state index is -1.29. The van der Waals surface area contributed by atoms with Gasteiger partial charge in [-0.05, 0) is 19.1 Å². The highest BCUT2D eigenvalue weighted by Crippen LogP contribution is 2.43. The lowest BCUT2D eigenvalue weighted by atomic mass is 9.61. The molecule has 1 fully saturated rings. The third-order valence-electron chi connectivity index (χ3n) is 4.15. The Kier molecular flexibility index (Phi) is 5.18. The molecule has 4 atom stereocenters. The molecule has 1 aromatic rings. The monoisotopic (exact) mass is 334 g/mol. The summed E-state index contributed by atoms with van der Waals surface area (Å²) < 4.78 is 4.82. The largest absolute Gasteiger partial charge is 0.481 e. The van der Waals surface area contributed by atoms with Gasteiger partial charge in [-0.2, -0.15) is 0 Å². The van der Waals surface area contributed by atoms with Crippen LogP contribution in [0.2, 0.25) is 0 Å². The Labute approximate surface area is 138 Å². The second-order valence-electron chi connectivity index (χ2n) is 5.58. The molecule has 1 aliphatic rings. The highest BCUT2D eigenvalue weighted by atomic mass is 16.5. The Hall–Kier alpha value is -2.90. The number of benzene rings is 1. The predicted octanol–water partition coefficient (Wildman–Crippen LogP) is 0.168. The van der Waals surface area contributed by atoms with Crippen LogP contribution in [-0.2, 0) is 23.9 Å². The fourth-order valence-corrected chi connectivity index (χ4v) is 2.90. The molecule has 0 saturated heterocycles. The Morgan fingerprint density at radius 2 is 1.67 bits per heavy atom. The van der Waals surface area contributed by atoms with E-state index >= 15 is 0 Å². The van der Waals surface area contributed by atoms with Gasteiger partial charge in [-0.3, -0.25) is 19.2 Å². The van der Waals surface area contributed by atoms with Gasteiger partial charge in [-0.15, -0.1) is 0 Å². The second kappa shape index (κ2) is 7.12. The smallest absolute Gasteiger partial charge is 0.308 e. The average molecular weight is 334 g/mol. The predicted molar refractivity (Wildman–Crippen MR) is 82.9 cm³/mol. The summed E-state index contributed by atoms with van der Waals surface area (Å²) in [5.74, 6) is -6.01. The van der Waals surface area contributed by atoms with Gasteiger partial charge in [0.05, 0.1) is 17.8 Å². The number of hydrogen-bond acceptors (Lipinski definition) is 5. The molecule has 3 N–H and O–H groups in total. The molecule has 0 aliphatic heterocycles. The number of ether oxygens (including phenoxy) is 1. The highest BCUT2D eigenvalue weighted by Gasteiger charge is 2.62. The lowest BCUT2D eigenvalue weighted by Crippen LogP contribution is -2.64. The van der Waals surface area contributed by atoms with E-state index in [0.29, 0.717) is 5.69 Å². The number of carboxylic acids is 1. The fourth-order valence-electron chi connectivity index (χ4n) is 2.90. The Morgan fingerprint density at radius 1 is 1.08 bits per heavy atom. The van der Waals surface area contributed by atoms with Crippen molar-refractivity contribution in [1.82, 2.24) is 5.32 Å². The minimum absolute atomic E-state index is 0.116. The summed E-state index contributed by atoms with van der Waals surface area (Å²) in [5, 5.41) is 14.3. The Balaban J connectivity index is 2.22. The molecule has 1 aromatic carbocycles. The topological polar surface area (TPSA) is 122 Å². The van der Waals surface area contributed by atoms with Crippen LogP contribution >= 0.6 is 0 Å². The molecule has 0 spiro atoms. The number of amides is 2. The van der Waals surface area contributed by atoms with Crippen LogP contribution in [0, 0.1) is 24.7 Å². The van der Waals surface area contributed by atoms with Gasteiger partial charge in [0.15, 0.2) is 0 Å². The number of carboxylic acid groups (broad SMARTS) is 1. The fraction of sp³-hybridized carbons (Fsp3) is 0.375. The number of carbonyl (C=O) groups is 4. The van der Waals surface area contributed by atoms with Crippen molar-refractivity contribution in [3.05, 3.63) is 29.8 Å². The van der Waals surface area contributed by atoms with Crippen molar-refractivity contribution in [1.29, 1.82) is 0 Å². The van der Waals surface area contributed by atoms with E-state index in [1.807, 2.05) is 6.92 Å². The van der Waals surface area contributed by atoms with Gasteiger partial charge in [-0.25, -0.2) is 0 Å². The van der Waals surface area contributed by atoms with E-state index < -0.39 is 41.6 Å². The summed E-state index contributed by atoms with van der Waals surface area (Å²) in [7, 11) is 1.35. The summed E-state index contributed by atoms with van der Waals surface area (Å²) in [5.41, 5.74) is 1.49. The SMILES string of the molecule is CNC(=O)C1C(OC=O)C(C(=O)Nc2ccc(C)cc2)C1C(=O)O. The number of hydrogen-bond donors (Lipinski definition) is 3. The van der Waals surface area contributed by atoms with Gasteiger partial charge < -0.3 is 20.5 Å². The number of carbonyl (C=O) groups excluding carboxylic acids is 3. The maximum atomic E-state index is 12.4. The first kappa shape index (κ1) is 17.5. The number of aliphatic carboxylic acids is 1. The van der Waals surface area contributed by atoms with Gasteiger partial charge in [0.1, 0.15) is 6.10 Å². The van der Waals surface area contributed by atoms with E-state index in [1.165, 1.54) is 7.05 Å². The maximum absolute atomic E-state index is 12.4. The lowest BCUT2D eigenvalue weighted by molar-refractivity contribution is -0.187. The van der Waals surface area contributed by atoms with E-state index in [4.69, 9.17) is 4.74 Å². The normalized spacial score (nSPS) is 25.1. The number of rotatable bonds is 6. The number of anilines is 1. The minimum Gasteiger partial charge on any atom is -0.481 e. The van der Waals surface area contributed by atoms with Gasteiger partial charge in [0, 0.05) is 12.7 Å². The van der Waals surface area contributed by atoms with Crippen LogP contribution in [-0.4, -0.2) is 42.5 Å². The molecule has 0 heterocycles. The maximum Gasteiger partial charge on any atom is 0.308 e. The van der Waals surface area contributed by atoms with Crippen LogP contribution in [0.4, 0.5) is 5.69 Å². The molecule has 8 heteroatoms. The molecule has 4 unspecified atom stereocenters. The first-order valence-corrected chi connectivity index (χ1v) is 7.31. The first-order chi connectivity index (χ1) is 11.4. The third kappa shape index (κ3) is 3.22. The van der Waals surface area contributed by atoms with E-state index in [9.17, 15) is 24.3 Å². The van der Waals surface area contributed by atoms with Gasteiger partial charge in [0.25, 0.3) is 6.47 Å². The van der Waals surface area contributed by atoms with Crippen LogP contribution in [0.1, 0.15) is 5.56 Å². The molecule has 0 bridgehead atoms. The van der Waals surface area contributed by atoms with Crippen molar-refractivity contribution in [2.24, 2.45) is 17.8 Å². The summed E-state index contributed by atoms with van der Waals surface area (Å²) in [6.07, 6.45) is -1.12. The van der Waals surface area contributed by atoms with Crippen molar-refractivity contribution < 1.29 is 29.0 Å². The lowest BCUT2D eigenvalue weighted by Gasteiger charge is -2.45. The third-order valence-corrected chi connectivity index (χ3v) is 4.15. The van der Waals surface area contributed by atoms with Crippen LogP contribution in [0.25, 0.3) is 0 Å². The standard InChI is InChI=1S/C16H18N2O6/c1-8-3-5-9(6-4-8)18-15(21)12-10(16(22)23)11(14(20)17-2)13(12)24-7-19/h3-7,10-13H,1-2H3,(H,17,20)(H,18,21)(H,22,23). The molecule has 0 aromatic heterocycles. The van der Waals surface area contributed by atoms with Gasteiger partial charge in [0.2, 0.25) is 11.8 Å². The van der Waals surface area contributed by atoms with Gasteiger partial charge >= 0.3 is 5.97 Å². The molecule has 128 valence electrons. The van der Waals surface area contributed by atoms with Crippen molar-refractivity contribution >= 4 is 29.9 Å². The molecule has 1 saturated carbocycles. The summed E-state index contributed by atoms with van der Waals surface area (Å²) >= 11 is 0. The number of aryl methyl sites for hydroxylation is 1. The molecule has 0 radical (unpaired) electrons. The summed E-state index contributed by atoms with van der Waals surface area (Å²) in [6, 6.07) is 6.93. The van der Waals surface area contributed by atoms with Crippen LogP contribution in [0.3, 0.4) is 0 Å². The zero-order valence-corrected chi connectivity index (χ0v) is 13.2. The van der Waals surface area contributed by atoms with Crippen LogP contribution < -0.4 is 10.6 Å². The second-order valence-corrected chi connectivity index (χ2v) is 5.58. The molecule has 8 nitrogen and oxygen atoms in total. The van der Waals surface area contributed by atoms with E-state index in [2.05, 4.69) is 10.6 Å². The molecular formula is C16H18N2O6. The molecule has 2 amide bonds. The van der Waals surface area contributed by atoms with Gasteiger partial charge in [-0.1, -0.05) is 17.7 Å². The average Bonchev–Trinajstić information content (AvgIpc) is 2.52. The zero-order chi connectivity index (χ0) is 17.9. The zero-order valence-electron chi connectivity index (χ0n) is 13.2. The number of nitrogens with one attached hydrogen (secondary N) is 2. The summed E-state index contributed by atoms with van der Waals surface area (Å²) in [6.45, 7) is 2.00. The molecule has 1 aliphatic carbocycles. The van der Waals surface area contributed by atoms with Crippen LogP contribution in [0.15, 0.2) is 24.3 Å². The molecule has 2 rings (SSSR count). The molecule has 24 heavy (non-hydrogen) atoms. The van der Waals surface area contributed by atoms with E-state index in [0.717, 1.165) is 5.56 Å². The van der Waals surface area contributed by atoms with E-state index in [-0.39, 0.29) is 6.47 Å². The van der Waals surface area contributed by atoms with Crippen molar-refractivity contribution in [2.75, 3.05) is 12.4 Å². The summed E-state index contributed by atoms with van der Waals surface area (Å²) in [4.78, 5) is 46.4. The van der Waals surface area contributed by atoms with E-state index in [1.54, 1.807) is 24.3 Å². The highest BCUT2D eigenvalue weighted by molar-refractivity contribution is 6.00. The quantitative estimate of drug-likeness (QED) is 0.638.